The third kappa shape index (κ3) is 3.20. The van der Waals surface area contributed by atoms with Crippen molar-refractivity contribution in [1.29, 1.82) is 0 Å². The summed E-state index contributed by atoms with van der Waals surface area (Å²) in [6.45, 7) is 5.37. The van der Waals surface area contributed by atoms with Crippen molar-refractivity contribution in [2.24, 2.45) is 0 Å². The molecule has 0 saturated carbocycles. The Morgan fingerprint density at radius 1 is 0.826 bits per heavy atom. The first-order valence-electron chi connectivity index (χ1n) is 8.23. The summed E-state index contributed by atoms with van der Waals surface area (Å²) < 4.78 is 0. The standard InChI is InChI=1S/C20H21N3/c1-2-5-19-14-17(7-8-18(19)4-1)16-22-10-12-23(13-11-22)20-6-3-9-21-15-20/h1-9,14-15H,10-13,16H2. The van der Waals surface area contributed by atoms with Crippen LogP contribution in [0.5, 0.6) is 0 Å². The summed E-state index contributed by atoms with van der Waals surface area (Å²) in [6.07, 6.45) is 3.79. The van der Waals surface area contributed by atoms with Gasteiger partial charge in [0, 0.05) is 38.9 Å². The second-order valence-corrected chi connectivity index (χ2v) is 6.16. The highest BCUT2D eigenvalue weighted by Crippen LogP contribution is 2.19. The first-order valence-corrected chi connectivity index (χ1v) is 8.23. The Balaban J connectivity index is 1.40. The fraction of sp³-hybridized carbons (Fsp3) is 0.250. The molecule has 0 spiro atoms. The summed E-state index contributed by atoms with van der Waals surface area (Å²) >= 11 is 0. The molecule has 116 valence electrons. The zero-order chi connectivity index (χ0) is 15.5. The highest BCUT2D eigenvalue weighted by atomic mass is 15.3. The van der Waals surface area contributed by atoms with Crippen LogP contribution in [0.15, 0.2) is 67.0 Å². The average molecular weight is 303 g/mol. The Hall–Kier alpha value is -2.39. The van der Waals surface area contributed by atoms with E-state index in [1.54, 1.807) is 0 Å². The molecule has 1 fully saturated rings. The molecule has 0 unspecified atom stereocenters. The molecule has 0 N–H and O–H groups in total. The maximum absolute atomic E-state index is 4.22. The Labute approximate surface area is 137 Å². The number of anilines is 1. The lowest BCUT2D eigenvalue weighted by Crippen LogP contribution is -2.46. The summed E-state index contributed by atoms with van der Waals surface area (Å²) in [6, 6.07) is 19.5. The molecule has 3 aromatic rings. The maximum atomic E-state index is 4.22. The highest BCUT2D eigenvalue weighted by molar-refractivity contribution is 5.82. The van der Waals surface area contributed by atoms with Gasteiger partial charge in [-0.1, -0.05) is 36.4 Å². The molecule has 1 aliphatic heterocycles. The van der Waals surface area contributed by atoms with Crippen molar-refractivity contribution in [3.05, 3.63) is 72.6 Å². The van der Waals surface area contributed by atoms with E-state index < -0.39 is 0 Å². The molecule has 0 amide bonds. The van der Waals surface area contributed by atoms with E-state index in [0.29, 0.717) is 0 Å². The van der Waals surface area contributed by atoms with Crippen LogP contribution in [0, 0.1) is 0 Å². The Bertz CT molecular complexity index is 777. The van der Waals surface area contributed by atoms with Gasteiger partial charge in [0.15, 0.2) is 0 Å². The number of nitrogens with zero attached hydrogens (tertiary/aromatic N) is 3. The van der Waals surface area contributed by atoms with Crippen LogP contribution in [0.25, 0.3) is 10.8 Å². The smallest absolute Gasteiger partial charge is 0.0553 e. The van der Waals surface area contributed by atoms with Gasteiger partial charge in [-0.15, -0.1) is 0 Å². The van der Waals surface area contributed by atoms with Gasteiger partial charge in [-0.3, -0.25) is 9.88 Å². The minimum absolute atomic E-state index is 1.03. The van der Waals surface area contributed by atoms with Crippen LogP contribution in [0.2, 0.25) is 0 Å². The molecule has 0 bridgehead atoms. The third-order valence-electron chi connectivity index (χ3n) is 4.60. The van der Waals surface area contributed by atoms with Crippen LogP contribution in [0.1, 0.15) is 5.56 Å². The van der Waals surface area contributed by atoms with Gasteiger partial charge in [0.25, 0.3) is 0 Å². The molecular formula is C20H21N3. The van der Waals surface area contributed by atoms with Gasteiger partial charge in [-0.2, -0.15) is 0 Å². The molecule has 0 aliphatic carbocycles. The topological polar surface area (TPSA) is 19.4 Å². The fourth-order valence-electron chi connectivity index (χ4n) is 3.30. The summed E-state index contributed by atoms with van der Waals surface area (Å²) in [7, 11) is 0. The molecule has 4 rings (SSSR count). The van der Waals surface area contributed by atoms with Gasteiger partial charge in [0.2, 0.25) is 0 Å². The normalized spacial score (nSPS) is 15.9. The van der Waals surface area contributed by atoms with E-state index in [9.17, 15) is 0 Å². The van der Waals surface area contributed by atoms with Crippen molar-refractivity contribution in [2.75, 3.05) is 31.1 Å². The Morgan fingerprint density at radius 2 is 1.65 bits per heavy atom. The fourth-order valence-corrected chi connectivity index (χ4v) is 3.30. The third-order valence-corrected chi connectivity index (χ3v) is 4.60. The Kier molecular flexibility index (Phi) is 3.95. The molecule has 3 nitrogen and oxygen atoms in total. The Morgan fingerprint density at radius 3 is 2.43 bits per heavy atom. The van der Waals surface area contributed by atoms with E-state index in [2.05, 4.69) is 63.3 Å². The van der Waals surface area contributed by atoms with Gasteiger partial charge in [-0.05, 0) is 34.5 Å². The number of aromatic nitrogens is 1. The van der Waals surface area contributed by atoms with Crippen molar-refractivity contribution >= 4 is 16.5 Å². The minimum atomic E-state index is 1.03. The summed E-state index contributed by atoms with van der Waals surface area (Å²) in [5.74, 6) is 0. The second-order valence-electron chi connectivity index (χ2n) is 6.16. The van der Waals surface area contributed by atoms with E-state index in [4.69, 9.17) is 0 Å². The first kappa shape index (κ1) is 14.2. The number of hydrogen-bond donors (Lipinski definition) is 0. The first-order chi connectivity index (χ1) is 11.4. The number of piperazine rings is 1. The molecule has 0 atom stereocenters. The molecule has 1 saturated heterocycles. The van der Waals surface area contributed by atoms with E-state index in [-0.39, 0.29) is 0 Å². The summed E-state index contributed by atoms with van der Waals surface area (Å²) in [4.78, 5) is 9.18. The van der Waals surface area contributed by atoms with Crippen LogP contribution in [0.3, 0.4) is 0 Å². The van der Waals surface area contributed by atoms with Gasteiger partial charge < -0.3 is 4.90 Å². The van der Waals surface area contributed by atoms with Gasteiger partial charge >= 0.3 is 0 Å². The number of benzene rings is 2. The second kappa shape index (κ2) is 6.39. The summed E-state index contributed by atoms with van der Waals surface area (Å²) in [5, 5.41) is 2.65. The van der Waals surface area contributed by atoms with Gasteiger partial charge in [-0.25, -0.2) is 0 Å². The van der Waals surface area contributed by atoms with Gasteiger partial charge in [0.1, 0.15) is 0 Å². The van der Waals surface area contributed by atoms with Gasteiger partial charge in [0.05, 0.1) is 11.9 Å². The van der Waals surface area contributed by atoms with Crippen molar-refractivity contribution < 1.29 is 0 Å². The van der Waals surface area contributed by atoms with E-state index >= 15 is 0 Å². The average Bonchev–Trinajstić information content (AvgIpc) is 2.63. The molecule has 1 aliphatic rings. The number of hydrogen-bond acceptors (Lipinski definition) is 3. The number of rotatable bonds is 3. The zero-order valence-corrected chi connectivity index (χ0v) is 13.2. The predicted molar refractivity (Wildman–Crippen MR) is 95.7 cm³/mol. The number of fused-ring (bicyclic) bond motifs is 1. The molecule has 1 aromatic heterocycles. The van der Waals surface area contributed by atoms with Crippen molar-refractivity contribution in [2.45, 2.75) is 6.54 Å². The van der Waals surface area contributed by atoms with E-state index in [1.165, 1.54) is 22.0 Å². The van der Waals surface area contributed by atoms with Crippen molar-refractivity contribution in [3.63, 3.8) is 0 Å². The van der Waals surface area contributed by atoms with Crippen LogP contribution in [0.4, 0.5) is 5.69 Å². The summed E-state index contributed by atoms with van der Waals surface area (Å²) in [5.41, 5.74) is 2.64. The molecule has 23 heavy (non-hydrogen) atoms. The molecule has 3 heteroatoms. The molecular weight excluding hydrogens is 282 g/mol. The van der Waals surface area contributed by atoms with E-state index in [0.717, 1.165) is 32.7 Å². The minimum Gasteiger partial charge on any atom is -0.368 e. The SMILES string of the molecule is c1cncc(N2CCN(Cc3ccc4ccccc4c3)CC2)c1. The molecule has 2 aromatic carbocycles. The highest BCUT2D eigenvalue weighted by Gasteiger charge is 2.17. The van der Waals surface area contributed by atoms with Crippen molar-refractivity contribution in [3.8, 4) is 0 Å². The lowest BCUT2D eigenvalue weighted by molar-refractivity contribution is 0.250. The lowest BCUT2D eigenvalue weighted by Gasteiger charge is -2.36. The van der Waals surface area contributed by atoms with E-state index in [1.807, 2.05) is 18.5 Å². The van der Waals surface area contributed by atoms with Crippen LogP contribution < -0.4 is 4.90 Å². The van der Waals surface area contributed by atoms with Crippen LogP contribution in [-0.2, 0) is 6.54 Å². The largest absolute Gasteiger partial charge is 0.368 e. The quantitative estimate of drug-likeness (QED) is 0.737. The lowest BCUT2D eigenvalue weighted by atomic mass is 10.1. The molecule has 0 radical (unpaired) electrons. The number of pyridine rings is 1. The predicted octanol–water partition coefficient (Wildman–Crippen LogP) is 3.56. The maximum Gasteiger partial charge on any atom is 0.0553 e. The zero-order valence-electron chi connectivity index (χ0n) is 13.2. The molecule has 2 heterocycles. The van der Waals surface area contributed by atoms with Crippen molar-refractivity contribution in [1.82, 2.24) is 9.88 Å². The monoisotopic (exact) mass is 303 g/mol. The van der Waals surface area contributed by atoms with Crippen LogP contribution in [-0.4, -0.2) is 36.1 Å². The van der Waals surface area contributed by atoms with Crippen LogP contribution >= 0.6 is 0 Å².